The summed E-state index contributed by atoms with van der Waals surface area (Å²) in [5.74, 6) is 0.608. The van der Waals surface area contributed by atoms with Crippen LogP contribution in [0.25, 0.3) is 11.6 Å². The Morgan fingerprint density at radius 2 is 1.92 bits per heavy atom. The lowest BCUT2D eigenvalue weighted by Gasteiger charge is -1.99. The molecule has 0 N–H and O–H groups in total. The highest BCUT2D eigenvalue weighted by atomic mass is 79.9. The maximum absolute atomic E-state index is 9.42. The second kappa shape index (κ2) is 7.76. The molecule has 0 unspecified atom stereocenters. The summed E-state index contributed by atoms with van der Waals surface area (Å²) in [6.45, 7) is 0. The Labute approximate surface area is 157 Å². The van der Waals surface area contributed by atoms with Crippen LogP contribution in [-0.4, -0.2) is 0 Å². The van der Waals surface area contributed by atoms with E-state index < -0.39 is 0 Å². The first-order valence-electron chi connectivity index (χ1n) is 7.05. The zero-order chi connectivity index (χ0) is 16.9. The highest BCUT2D eigenvalue weighted by Crippen LogP contribution is 2.36. The fourth-order valence-corrected chi connectivity index (χ4v) is 3.63. The molecule has 0 bridgehead atoms. The summed E-state index contributed by atoms with van der Waals surface area (Å²) >= 11 is 11.0. The van der Waals surface area contributed by atoms with Crippen molar-refractivity contribution in [2.24, 2.45) is 0 Å². The van der Waals surface area contributed by atoms with E-state index >= 15 is 0 Å². The smallest absolute Gasteiger partial charge is 0.179 e. The van der Waals surface area contributed by atoms with Crippen LogP contribution in [0.1, 0.15) is 11.3 Å². The molecule has 3 aromatic rings. The summed E-state index contributed by atoms with van der Waals surface area (Å²) in [5, 5.41) is 10.8. The SMILES string of the molecule is N#C/C(=C/c1cc(Br)c(Sc2ccccc2)o1)c1cccc(Cl)c1. The third kappa shape index (κ3) is 4.12. The van der Waals surface area contributed by atoms with E-state index in [9.17, 15) is 5.26 Å². The fraction of sp³-hybridized carbons (Fsp3) is 0. The number of rotatable bonds is 4. The zero-order valence-electron chi connectivity index (χ0n) is 12.4. The van der Waals surface area contributed by atoms with Crippen LogP contribution in [0.4, 0.5) is 0 Å². The Bertz CT molecular complexity index is 928. The lowest BCUT2D eigenvalue weighted by atomic mass is 10.1. The summed E-state index contributed by atoms with van der Waals surface area (Å²) in [7, 11) is 0. The van der Waals surface area contributed by atoms with E-state index in [0.717, 1.165) is 20.0 Å². The van der Waals surface area contributed by atoms with Crippen molar-refractivity contribution in [3.8, 4) is 6.07 Å². The second-order valence-corrected chi connectivity index (χ2v) is 7.22. The van der Waals surface area contributed by atoms with Crippen molar-refractivity contribution in [3.63, 3.8) is 0 Å². The van der Waals surface area contributed by atoms with Gasteiger partial charge in [0.25, 0.3) is 0 Å². The normalized spacial score (nSPS) is 11.3. The second-order valence-electron chi connectivity index (χ2n) is 4.88. The van der Waals surface area contributed by atoms with Gasteiger partial charge in [0.15, 0.2) is 5.09 Å². The van der Waals surface area contributed by atoms with Crippen LogP contribution in [0.2, 0.25) is 5.02 Å². The number of nitrogens with zero attached hydrogens (tertiary/aromatic N) is 1. The van der Waals surface area contributed by atoms with Crippen LogP contribution in [0, 0.1) is 11.3 Å². The van der Waals surface area contributed by atoms with Gasteiger partial charge >= 0.3 is 0 Å². The van der Waals surface area contributed by atoms with Crippen molar-refractivity contribution < 1.29 is 4.42 Å². The monoisotopic (exact) mass is 415 g/mol. The minimum absolute atomic E-state index is 0.495. The molecular formula is C19H11BrClNOS. The van der Waals surface area contributed by atoms with Gasteiger partial charge < -0.3 is 4.42 Å². The number of allylic oxidation sites excluding steroid dienone is 1. The van der Waals surface area contributed by atoms with Gasteiger partial charge in [0, 0.05) is 9.92 Å². The number of hydrogen-bond acceptors (Lipinski definition) is 3. The lowest BCUT2D eigenvalue weighted by Crippen LogP contribution is -1.80. The number of nitriles is 1. The summed E-state index contributed by atoms with van der Waals surface area (Å²) in [6.07, 6.45) is 1.71. The highest BCUT2D eigenvalue weighted by molar-refractivity contribution is 9.10. The molecule has 0 aliphatic rings. The van der Waals surface area contributed by atoms with E-state index in [1.807, 2.05) is 48.5 Å². The van der Waals surface area contributed by atoms with Crippen LogP contribution in [0.5, 0.6) is 0 Å². The van der Waals surface area contributed by atoms with Gasteiger partial charge in [-0.15, -0.1) is 0 Å². The van der Waals surface area contributed by atoms with Crippen molar-refractivity contribution in [3.05, 3.63) is 81.5 Å². The van der Waals surface area contributed by atoms with Crippen LogP contribution >= 0.6 is 39.3 Å². The van der Waals surface area contributed by atoms with Crippen LogP contribution in [-0.2, 0) is 0 Å². The van der Waals surface area contributed by atoms with E-state index in [1.54, 1.807) is 18.2 Å². The molecule has 1 heterocycles. The van der Waals surface area contributed by atoms with E-state index in [-0.39, 0.29) is 0 Å². The average Bonchev–Trinajstić information content (AvgIpc) is 2.93. The van der Waals surface area contributed by atoms with Crippen molar-refractivity contribution in [2.45, 2.75) is 9.99 Å². The van der Waals surface area contributed by atoms with Crippen LogP contribution in [0.15, 0.2) is 79.5 Å². The van der Waals surface area contributed by atoms with Gasteiger partial charge in [-0.2, -0.15) is 5.26 Å². The molecule has 3 rings (SSSR count). The third-order valence-electron chi connectivity index (χ3n) is 3.17. The Hall–Kier alpha value is -1.93. The summed E-state index contributed by atoms with van der Waals surface area (Å²) in [6, 6.07) is 21.2. The molecule has 0 fully saturated rings. The van der Waals surface area contributed by atoms with Gasteiger partial charge in [0.2, 0.25) is 0 Å². The topological polar surface area (TPSA) is 36.9 Å². The molecule has 0 aliphatic carbocycles. The van der Waals surface area contributed by atoms with Crippen molar-refractivity contribution in [1.82, 2.24) is 0 Å². The number of benzene rings is 2. The molecule has 5 heteroatoms. The Kier molecular flexibility index (Phi) is 5.47. The molecule has 0 saturated heterocycles. The average molecular weight is 417 g/mol. The number of halogens is 2. The Morgan fingerprint density at radius 3 is 2.62 bits per heavy atom. The molecular weight excluding hydrogens is 406 g/mol. The van der Waals surface area contributed by atoms with Gasteiger partial charge in [-0.1, -0.05) is 53.7 Å². The number of furan rings is 1. The van der Waals surface area contributed by atoms with E-state index in [4.69, 9.17) is 16.0 Å². The molecule has 24 heavy (non-hydrogen) atoms. The first-order chi connectivity index (χ1) is 11.7. The quantitative estimate of drug-likeness (QED) is 0.433. The van der Waals surface area contributed by atoms with Gasteiger partial charge in [-0.3, -0.25) is 0 Å². The minimum Gasteiger partial charge on any atom is -0.449 e. The van der Waals surface area contributed by atoms with Crippen molar-refractivity contribution in [1.29, 1.82) is 5.26 Å². The van der Waals surface area contributed by atoms with Crippen molar-refractivity contribution in [2.75, 3.05) is 0 Å². The summed E-state index contributed by atoms with van der Waals surface area (Å²) in [4.78, 5) is 1.08. The molecule has 1 aromatic heterocycles. The van der Waals surface area contributed by atoms with E-state index in [2.05, 4.69) is 22.0 Å². The van der Waals surface area contributed by atoms with Gasteiger partial charge in [-0.25, -0.2) is 0 Å². The molecule has 0 spiro atoms. The first-order valence-corrected chi connectivity index (χ1v) is 9.04. The highest BCUT2D eigenvalue weighted by Gasteiger charge is 2.11. The fourth-order valence-electron chi connectivity index (χ4n) is 2.08. The maximum atomic E-state index is 9.42. The molecule has 0 radical (unpaired) electrons. The van der Waals surface area contributed by atoms with E-state index in [1.165, 1.54) is 11.8 Å². The molecule has 2 aromatic carbocycles. The molecule has 0 aliphatic heterocycles. The molecule has 0 atom stereocenters. The zero-order valence-corrected chi connectivity index (χ0v) is 15.5. The first kappa shape index (κ1) is 16.9. The molecule has 118 valence electrons. The number of hydrogen-bond donors (Lipinski definition) is 0. The van der Waals surface area contributed by atoms with Gasteiger partial charge in [-0.05, 0) is 57.9 Å². The summed E-state index contributed by atoms with van der Waals surface area (Å²) in [5.41, 5.74) is 1.25. The van der Waals surface area contributed by atoms with Crippen LogP contribution in [0.3, 0.4) is 0 Å². The Balaban J connectivity index is 1.90. The minimum atomic E-state index is 0.495. The lowest BCUT2D eigenvalue weighted by molar-refractivity contribution is 0.463. The predicted octanol–water partition coefficient (Wildman–Crippen LogP) is 6.91. The van der Waals surface area contributed by atoms with Gasteiger partial charge in [0.1, 0.15) is 5.76 Å². The molecule has 0 amide bonds. The summed E-state index contributed by atoms with van der Waals surface area (Å²) < 4.78 is 6.71. The molecule has 0 saturated carbocycles. The van der Waals surface area contributed by atoms with Crippen molar-refractivity contribution >= 4 is 50.9 Å². The third-order valence-corrected chi connectivity index (χ3v) is 5.25. The Morgan fingerprint density at radius 1 is 1.12 bits per heavy atom. The largest absolute Gasteiger partial charge is 0.449 e. The standard InChI is InChI=1S/C19H11BrClNOS/c20-18-11-16(23-19(18)24-17-7-2-1-3-8-17)10-14(12-22)13-5-4-6-15(21)9-13/h1-11H/b14-10-. The van der Waals surface area contributed by atoms with Crippen LogP contribution < -0.4 is 0 Å². The molecule has 2 nitrogen and oxygen atoms in total. The maximum Gasteiger partial charge on any atom is 0.179 e. The van der Waals surface area contributed by atoms with E-state index in [0.29, 0.717) is 16.4 Å². The predicted molar refractivity (Wildman–Crippen MR) is 102 cm³/mol. The van der Waals surface area contributed by atoms with Gasteiger partial charge in [0.05, 0.1) is 16.1 Å².